The van der Waals surface area contributed by atoms with Gasteiger partial charge >= 0.3 is 0 Å². The molecule has 0 radical (unpaired) electrons. The molecule has 0 amide bonds. The Morgan fingerprint density at radius 1 is 1.46 bits per heavy atom. The van der Waals surface area contributed by atoms with Crippen LogP contribution in [0.4, 0.5) is 0 Å². The van der Waals surface area contributed by atoms with Crippen molar-refractivity contribution in [2.75, 3.05) is 6.26 Å². The molecule has 0 bridgehead atoms. The number of hydrogen-bond acceptors (Lipinski definition) is 4. The van der Waals surface area contributed by atoms with Crippen LogP contribution in [0.2, 0.25) is 0 Å². The summed E-state index contributed by atoms with van der Waals surface area (Å²) >= 11 is 1.74. The highest BCUT2D eigenvalue weighted by Crippen LogP contribution is 2.15. The third-order valence-corrected chi connectivity index (χ3v) is 2.32. The first-order valence-corrected chi connectivity index (χ1v) is 5.36. The first kappa shape index (κ1) is 8.50. The molecule has 1 N–H and O–H groups in total. The van der Waals surface area contributed by atoms with E-state index < -0.39 is 0 Å². The number of hydrogen-bond donors (Lipinski definition) is 1. The fourth-order valence-corrected chi connectivity index (χ4v) is 1.74. The van der Waals surface area contributed by atoms with E-state index in [2.05, 4.69) is 26.2 Å². The Morgan fingerprint density at radius 2 is 2.31 bits per heavy atom. The molecule has 0 spiro atoms. The average molecular weight is 194 g/mol. The maximum atomic E-state index is 4.36. The van der Waals surface area contributed by atoms with Crippen LogP contribution >= 0.6 is 11.8 Å². The summed E-state index contributed by atoms with van der Waals surface area (Å²) in [6.07, 6.45) is 3.71. The van der Waals surface area contributed by atoms with E-state index >= 15 is 0 Å². The van der Waals surface area contributed by atoms with E-state index in [1.807, 2.05) is 6.92 Å². The highest BCUT2D eigenvalue weighted by molar-refractivity contribution is 7.97. The van der Waals surface area contributed by atoms with E-state index in [9.17, 15) is 0 Å². The van der Waals surface area contributed by atoms with Crippen LogP contribution in [-0.4, -0.2) is 26.2 Å². The largest absolute Gasteiger partial charge is 0.342 e. The number of nitrogens with zero attached hydrogens (tertiary/aromatic N) is 3. The number of aromatic amines is 1. The number of aryl methyl sites for hydroxylation is 1. The third-order valence-electron chi connectivity index (χ3n) is 1.75. The molecular weight excluding hydrogens is 184 g/mol. The van der Waals surface area contributed by atoms with Crippen molar-refractivity contribution in [2.45, 2.75) is 12.7 Å². The summed E-state index contributed by atoms with van der Waals surface area (Å²) in [5.74, 6) is 1.67. The lowest BCUT2D eigenvalue weighted by molar-refractivity contribution is 1.03. The zero-order valence-corrected chi connectivity index (χ0v) is 8.35. The molecule has 2 rings (SSSR count). The molecule has 0 aliphatic carbocycles. The maximum Gasteiger partial charge on any atom is 0.181 e. The van der Waals surface area contributed by atoms with Crippen LogP contribution < -0.4 is 0 Å². The predicted molar refractivity (Wildman–Crippen MR) is 53.6 cm³/mol. The van der Waals surface area contributed by atoms with Crippen molar-refractivity contribution in [3.05, 3.63) is 17.8 Å². The lowest BCUT2D eigenvalue weighted by Gasteiger charge is -1.99. The summed E-state index contributed by atoms with van der Waals surface area (Å²) in [6.45, 7) is 1.89. The maximum absolute atomic E-state index is 4.36. The van der Waals surface area contributed by atoms with Crippen LogP contribution in [0, 0.1) is 6.92 Å². The molecule has 5 heteroatoms. The molecule has 4 nitrogen and oxygen atoms in total. The summed E-state index contributed by atoms with van der Waals surface area (Å²) in [4.78, 5) is 15.7. The lowest BCUT2D eigenvalue weighted by Crippen LogP contribution is -1.95. The Labute approximate surface area is 80.2 Å². The van der Waals surface area contributed by atoms with Gasteiger partial charge < -0.3 is 4.98 Å². The summed E-state index contributed by atoms with van der Waals surface area (Å²) < 4.78 is 0. The van der Waals surface area contributed by atoms with Crippen molar-refractivity contribution in [3.63, 3.8) is 0 Å². The van der Waals surface area contributed by atoms with Crippen molar-refractivity contribution < 1.29 is 0 Å². The minimum atomic E-state index is 0.761. The first-order valence-electron chi connectivity index (χ1n) is 3.97. The second-order valence-corrected chi connectivity index (χ2v) is 3.62. The van der Waals surface area contributed by atoms with Crippen molar-refractivity contribution in [2.24, 2.45) is 0 Å². The van der Waals surface area contributed by atoms with Gasteiger partial charge in [-0.3, -0.25) is 0 Å². The van der Waals surface area contributed by atoms with Crippen LogP contribution in [-0.2, 0) is 5.75 Å². The minimum absolute atomic E-state index is 0.761. The van der Waals surface area contributed by atoms with Crippen LogP contribution in [0.15, 0.2) is 6.33 Å². The number of imidazole rings is 1. The molecular formula is C8H10N4S. The van der Waals surface area contributed by atoms with E-state index in [1.54, 1.807) is 18.1 Å². The SMILES string of the molecule is CSCc1nc(C)nc2nc[nH]c12. The zero-order chi connectivity index (χ0) is 9.26. The number of rotatable bonds is 2. The Kier molecular flexibility index (Phi) is 2.18. The summed E-state index contributed by atoms with van der Waals surface area (Å²) in [5.41, 5.74) is 2.75. The molecule has 0 saturated heterocycles. The average Bonchev–Trinajstić information content (AvgIpc) is 2.52. The highest BCUT2D eigenvalue weighted by atomic mass is 32.2. The van der Waals surface area contributed by atoms with E-state index in [1.165, 1.54) is 0 Å². The van der Waals surface area contributed by atoms with Crippen LogP contribution in [0.25, 0.3) is 11.2 Å². The lowest BCUT2D eigenvalue weighted by atomic mass is 10.4. The minimum Gasteiger partial charge on any atom is -0.342 e. The van der Waals surface area contributed by atoms with Crippen molar-refractivity contribution >= 4 is 22.9 Å². The Bertz CT molecular complexity index is 423. The van der Waals surface area contributed by atoms with E-state index in [-0.39, 0.29) is 0 Å². The smallest absolute Gasteiger partial charge is 0.181 e. The Morgan fingerprint density at radius 3 is 3.08 bits per heavy atom. The zero-order valence-electron chi connectivity index (χ0n) is 7.53. The van der Waals surface area contributed by atoms with Crippen LogP contribution in [0.1, 0.15) is 11.5 Å². The second kappa shape index (κ2) is 3.33. The van der Waals surface area contributed by atoms with Crippen LogP contribution in [0.5, 0.6) is 0 Å². The van der Waals surface area contributed by atoms with Gasteiger partial charge in [-0.05, 0) is 13.2 Å². The van der Waals surface area contributed by atoms with Gasteiger partial charge in [0, 0.05) is 5.75 Å². The molecule has 0 saturated carbocycles. The standard InChI is InChI=1S/C8H10N4S/c1-5-11-6(3-13-2)7-8(12-5)10-4-9-7/h4H,3H2,1-2H3,(H,9,10,11,12). The molecule has 0 aromatic carbocycles. The van der Waals surface area contributed by atoms with Gasteiger partial charge in [0.2, 0.25) is 0 Å². The Balaban J connectivity index is 2.63. The van der Waals surface area contributed by atoms with Crippen molar-refractivity contribution in [3.8, 4) is 0 Å². The van der Waals surface area contributed by atoms with E-state index in [0.717, 1.165) is 28.4 Å². The summed E-state index contributed by atoms with van der Waals surface area (Å²) in [7, 11) is 0. The molecule has 2 aromatic heterocycles. The quantitative estimate of drug-likeness (QED) is 0.787. The number of aromatic nitrogens is 4. The Hall–Kier alpha value is -1.10. The molecule has 0 unspecified atom stereocenters. The van der Waals surface area contributed by atoms with Gasteiger partial charge in [0.05, 0.1) is 12.0 Å². The van der Waals surface area contributed by atoms with Gasteiger partial charge in [-0.15, -0.1) is 0 Å². The molecule has 2 heterocycles. The molecule has 2 aromatic rings. The number of thioether (sulfide) groups is 1. The number of nitrogens with one attached hydrogen (secondary N) is 1. The van der Waals surface area contributed by atoms with E-state index in [4.69, 9.17) is 0 Å². The molecule has 0 aliphatic heterocycles. The van der Waals surface area contributed by atoms with Gasteiger partial charge in [-0.2, -0.15) is 11.8 Å². The van der Waals surface area contributed by atoms with E-state index in [0.29, 0.717) is 0 Å². The first-order chi connectivity index (χ1) is 6.31. The molecule has 68 valence electrons. The molecule has 0 atom stereocenters. The summed E-state index contributed by atoms with van der Waals surface area (Å²) in [6, 6.07) is 0. The van der Waals surface area contributed by atoms with Crippen LogP contribution in [0.3, 0.4) is 0 Å². The van der Waals surface area contributed by atoms with Gasteiger partial charge in [-0.1, -0.05) is 0 Å². The summed E-state index contributed by atoms with van der Waals surface area (Å²) in [5, 5.41) is 0. The highest BCUT2D eigenvalue weighted by Gasteiger charge is 2.06. The van der Waals surface area contributed by atoms with Gasteiger partial charge in [-0.25, -0.2) is 15.0 Å². The normalized spacial score (nSPS) is 10.9. The van der Waals surface area contributed by atoms with Crippen molar-refractivity contribution in [1.29, 1.82) is 0 Å². The van der Waals surface area contributed by atoms with Gasteiger partial charge in [0.15, 0.2) is 5.65 Å². The van der Waals surface area contributed by atoms with Crippen molar-refractivity contribution in [1.82, 2.24) is 19.9 Å². The third kappa shape index (κ3) is 1.51. The monoisotopic (exact) mass is 194 g/mol. The fourth-order valence-electron chi connectivity index (χ4n) is 1.25. The second-order valence-electron chi connectivity index (χ2n) is 2.75. The fraction of sp³-hybridized carbons (Fsp3) is 0.375. The number of H-pyrrole nitrogens is 1. The number of fused-ring (bicyclic) bond motifs is 1. The molecule has 0 fully saturated rings. The predicted octanol–water partition coefficient (Wildman–Crippen LogP) is 1.52. The van der Waals surface area contributed by atoms with Gasteiger partial charge in [0.25, 0.3) is 0 Å². The topological polar surface area (TPSA) is 54.5 Å². The molecule has 0 aliphatic rings. The van der Waals surface area contributed by atoms with Gasteiger partial charge in [0.1, 0.15) is 11.3 Å². The molecule has 13 heavy (non-hydrogen) atoms.